The number of aliphatic hydroxyl groups is 1. The van der Waals surface area contributed by atoms with Gasteiger partial charge in [0.05, 0.1) is 0 Å². The molecule has 0 aliphatic carbocycles. The molecule has 1 aromatic heterocycles. The number of benzene rings is 1. The summed E-state index contributed by atoms with van der Waals surface area (Å²) in [6, 6.07) is 7.39. The standard InChI is InChI=1S/C20H25FN2O4/c1-2-4-17-13-18(22-27-17)19(24)23-11-3-9-20(25,10-12-23)14-26-16-7-5-15(21)6-8-16/h5-8,13,25H,2-4,9-12,14H2,1H3. The van der Waals surface area contributed by atoms with E-state index in [0.717, 1.165) is 12.8 Å². The van der Waals surface area contributed by atoms with Gasteiger partial charge in [0, 0.05) is 25.6 Å². The Hall–Kier alpha value is -2.41. The van der Waals surface area contributed by atoms with Crippen LogP contribution in [0.2, 0.25) is 0 Å². The van der Waals surface area contributed by atoms with Crippen LogP contribution in [-0.2, 0) is 6.42 Å². The minimum absolute atomic E-state index is 0.102. The second-order valence-corrected chi connectivity index (χ2v) is 7.04. The van der Waals surface area contributed by atoms with Gasteiger partial charge in [-0.25, -0.2) is 4.39 Å². The van der Waals surface area contributed by atoms with E-state index in [2.05, 4.69) is 5.16 Å². The van der Waals surface area contributed by atoms with Gasteiger partial charge in [-0.3, -0.25) is 4.79 Å². The highest BCUT2D eigenvalue weighted by Crippen LogP contribution is 2.25. The molecule has 7 heteroatoms. The van der Waals surface area contributed by atoms with Crippen molar-refractivity contribution in [2.75, 3.05) is 19.7 Å². The number of halogens is 1. The highest BCUT2D eigenvalue weighted by molar-refractivity contribution is 5.92. The summed E-state index contributed by atoms with van der Waals surface area (Å²) >= 11 is 0. The first-order valence-corrected chi connectivity index (χ1v) is 9.35. The van der Waals surface area contributed by atoms with Crippen LogP contribution in [0.5, 0.6) is 5.75 Å². The van der Waals surface area contributed by atoms with Crippen molar-refractivity contribution >= 4 is 5.91 Å². The highest BCUT2D eigenvalue weighted by Gasteiger charge is 2.33. The van der Waals surface area contributed by atoms with Crippen LogP contribution >= 0.6 is 0 Å². The molecule has 1 amide bonds. The number of rotatable bonds is 6. The van der Waals surface area contributed by atoms with E-state index in [1.807, 2.05) is 6.92 Å². The van der Waals surface area contributed by atoms with Gasteiger partial charge >= 0.3 is 0 Å². The van der Waals surface area contributed by atoms with Crippen LogP contribution in [0.4, 0.5) is 4.39 Å². The zero-order valence-corrected chi connectivity index (χ0v) is 15.5. The van der Waals surface area contributed by atoms with Gasteiger partial charge in [0.1, 0.15) is 29.5 Å². The molecule has 1 aliphatic heterocycles. The monoisotopic (exact) mass is 376 g/mol. The molecule has 1 N–H and O–H groups in total. The van der Waals surface area contributed by atoms with Gasteiger partial charge in [0.15, 0.2) is 5.69 Å². The molecule has 1 aliphatic rings. The van der Waals surface area contributed by atoms with Gasteiger partial charge in [0.25, 0.3) is 5.91 Å². The Morgan fingerprint density at radius 2 is 2.11 bits per heavy atom. The first kappa shape index (κ1) is 19.4. The lowest BCUT2D eigenvalue weighted by Gasteiger charge is -2.26. The number of likely N-dealkylation sites (tertiary alicyclic amines) is 1. The van der Waals surface area contributed by atoms with Crippen molar-refractivity contribution in [3.8, 4) is 5.75 Å². The first-order valence-electron chi connectivity index (χ1n) is 9.35. The molecule has 0 bridgehead atoms. The summed E-state index contributed by atoms with van der Waals surface area (Å²) in [6.07, 6.45) is 3.26. The number of aromatic nitrogens is 1. The normalized spacial score (nSPS) is 20.3. The summed E-state index contributed by atoms with van der Waals surface area (Å²) in [7, 11) is 0. The van der Waals surface area contributed by atoms with Crippen molar-refractivity contribution in [1.82, 2.24) is 10.1 Å². The summed E-state index contributed by atoms with van der Waals surface area (Å²) in [5.74, 6) is 0.706. The third-order valence-corrected chi connectivity index (χ3v) is 4.80. The summed E-state index contributed by atoms with van der Waals surface area (Å²) in [5, 5.41) is 14.7. The second kappa shape index (κ2) is 8.52. The number of nitrogens with zero attached hydrogens (tertiary/aromatic N) is 2. The first-order chi connectivity index (χ1) is 13.0. The van der Waals surface area contributed by atoms with Crippen LogP contribution in [0, 0.1) is 5.82 Å². The Morgan fingerprint density at radius 1 is 1.33 bits per heavy atom. The fourth-order valence-electron chi connectivity index (χ4n) is 3.21. The fourth-order valence-corrected chi connectivity index (χ4v) is 3.21. The third-order valence-electron chi connectivity index (χ3n) is 4.80. The van der Waals surface area contributed by atoms with Crippen molar-refractivity contribution in [2.24, 2.45) is 0 Å². The summed E-state index contributed by atoms with van der Waals surface area (Å²) in [4.78, 5) is 14.3. The topological polar surface area (TPSA) is 75.8 Å². The average Bonchev–Trinajstić information content (AvgIpc) is 3.03. The zero-order valence-electron chi connectivity index (χ0n) is 15.5. The molecule has 1 saturated heterocycles. The maximum atomic E-state index is 13.0. The Kier molecular flexibility index (Phi) is 6.11. The summed E-state index contributed by atoms with van der Waals surface area (Å²) < 4.78 is 23.8. The molecule has 0 radical (unpaired) electrons. The molecule has 6 nitrogen and oxygen atoms in total. The van der Waals surface area contributed by atoms with Crippen molar-refractivity contribution in [2.45, 2.75) is 44.6 Å². The van der Waals surface area contributed by atoms with E-state index in [-0.39, 0.29) is 18.3 Å². The Bertz CT molecular complexity index is 762. The number of hydrogen-bond donors (Lipinski definition) is 1. The molecule has 2 aromatic rings. The van der Waals surface area contributed by atoms with Crippen LogP contribution in [-0.4, -0.2) is 46.4 Å². The van der Waals surface area contributed by atoms with E-state index in [9.17, 15) is 14.3 Å². The molecule has 1 atom stereocenters. The van der Waals surface area contributed by atoms with E-state index >= 15 is 0 Å². The molecule has 2 heterocycles. The maximum absolute atomic E-state index is 13.0. The Morgan fingerprint density at radius 3 is 2.85 bits per heavy atom. The molecule has 1 aromatic carbocycles. The van der Waals surface area contributed by atoms with E-state index < -0.39 is 5.60 Å². The van der Waals surface area contributed by atoms with Crippen molar-refractivity contribution in [1.29, 1.82) is 0 Å². The van der Waals surface area contributed by atoms with Crippen molar-refractivity contribution in [3.63, 3.8) is 0 Å². The molecular weight excluding hydrogens is 351 g/mol. The third kappa shape index (κ3) is 5.07. The summed E-state index contributed by atoms with van der Waals surface area (Å²) in [5.41, 5.74) is -0.716. The minimum atomic E-state index is -1.03. The zero-order chi connectivity index (χ0) is 19.3. The molecule has 146 valence electrons. The van der Waals surface area contributed by atoms with Crippen LogP contribution in [0.1, 0.15) is 48.9 Å². The lowest BCUT2D eigenvalue weighted by Crippen LogP contribution is -2.38. The van der Waals surface area contributed by atoms with E-state index in [1.165, 1.54) is 24.3 Å². The highest BCUT2D eigenvalue weighted by atomic mass is 19.1. The van der Waals surface area contributed by atoms with Crippen LogP contribution in [0.15, 0.2) is 34.9 Å². The Labute approximate surface area is 157 Å². The molecule has 1 unspecified atom stereocenters. The summed E-state index contributed by atoms with van der Waals surface area (Å²) in [6.45, 7) is 3.10. The van der Waals surface area contributed by atoms with E-state index in [4.69, 9.17) is 9.26 Å². The van der Waals surface area contributed by atoms with Crippen LogP contribution in [0.25, 0.3) is 0 Å². The predicted molar refractivity (Wildman–Crippen MR) is 97.1 cm³/mol. The van der Waals surface area contributed by atoms with Crippen LogP contribution in [0.3, 0.4) is 0 Å². The van der Waals surface area contributed by atoms with Crippen molar-refractivity contribution in [3.05, 3.63) is 47.6 Å². The number of amides is 1. The molecular formula is C20H25FN2O4. The molecule has 0 saturated carbocycles. The largest absolute Gasteiger partial charge is 0.491 e. The number of carbonyl (C=O) groups is 1. The minimum Gasteiger partial charge on any atom is -0.491 e. The lowest BCUT2D eigenvalue weighted by atomic mass is 9.96. The van der Waals surface area contributed by atoms with E-state index in [0.29, 0.717) is 49.6 Å². The quantitative estimate of drug-likeness (QED) is 0.838. The van der Waals surface area contributed by atoms with Gasteiger partial charge in [-0.05, 0) is 49.9 Å². The predicted octanol–water partition coefficient (Wildman–Crippen LogP) is 3.20. The fraction of sp³-hybridized carbons (Fsp3) is 0.500. The van der Waals surface area contributed by atoms with Gasteiger partial charge < -0.3 is 19.3 Å². The average molecular weight is 376 g/mol. The number of ether oxygens (including phenoxy) is 1. The second-order valence-electron chi connectivity index (χ2n) is 7.04. The molecule has 1 fully saturated rings. The lowest BCUT2D eigenvalue weighted by molar-refractivity contribution is -0.0163. The number of aryl methyl sites for hydroxylation is 1. The Balaban J connectivity index is 1.56. The van der Waals surface area contributed by atoms with E-state index in [1.54, 1.807) is 11.0 Å². The van der Waals surface area contributed by atoms with Crippen molar-refractivity contribution < 1.29 is 23.6 Å². The molecule has 27 heavy (non-hydrogen) atoms. The smallest absolute Gasteiger partial charge is 0.276 e. The van der Waals surface area contributed by atoms with Crippen LogP contribution < -0.4 is 4.74 Å². The molecule has 0 spiro atoms. The van der Waals surface area contributed by atoms with Gasteiger partial charge in [-0.15, -0.1) is 0 Å². The number of carbonyl (C=O) groups excluding carboxylic acids is 1. The van der Waals surface area contributed by atoms with Gasteiger partial charge in [-0.2, -0.15) is 0 Å². The molecule has 3 rings (SSSR count). The van der Waals surface area contributed by atoms with Gasteiger partial charge in [0.2, 0.25) is 0 Å². The maximum Gasteiger partial charge on any atom is 0.276 e. The SMILES string of the molecule is CCCc1cc(C(=O)N2CCCC(O)(COc3ccc(F)cc3)CC2)no1. The van der Waals surface area contributed by atoms with Gasteiger partial charge in [-0.1, -0.05) is 12.1 Å². The number of hydrogen-bond acceptors (Lipinski definition) is 5.